The molecular weight excluding hydrogens is 260 g/mol. The Kier molecular flexibility index (Phi) is 4.57. The van der Waals surface area contributed by atoms with Crippen molar-refractivity contribution in [1.82, 2.24) is 19.8 Å². The highest BCUT2D eigenvalue weighted by Crippen LogP contribution is 2.10. The highest BCUT2D eigenvalue weighted by molar-refractivity contribution is 5.92. The zero-order valence-electron chi connectivity index (χ0n) is 11.5. The van der Waals surface area contributed by atoms with Gasteiger partial charge in [0, 0.05) is 26.2 Å². The number of aromatic nitrogens is 2. The molecule has 20 heavy (non-hydrogen) atoms. The van der Waals surface area contributed by atoms with Crippen LogP contribution in [0.25, 0.3) is 0 Å². The molecule has 0 saturated carbocycles. The van der Waals surface area contributed by atoms with Crippen LogP contribution in [0.2, 0.25) is 0 Å². The molecule has 0 spiro atoms. The normalized spacial score (nSPS) is 18.1. The third-order valence-electron chi connectivity index (χ3n) is 3.49. The zero-order valence-corrected chi connectivity index (χ0v) is 11.5. The Morgan fingerprint density at radius 3 is 2.85 bits per heavy atom. The Hall–Kier alpha value is -2.09. The van der Waals surface area contributed by atoms with Gasteiger partial charge in [0.1, 0.15) is 5.69 Å². The molecule has 1 aliphatic rings. The first-order chi connectivity index (χ1) is 9.60. The molecule has 1 amide bonds. The number of amidine groups is 1. The van der Waals surface area contributed by atoms with Crippen LogP contribution in [0, 0.1) is 0 Å². The van der Waals surface area contributed by atoms with Gasteiger partial charge in [-0.25, -0.2) is 4.98 Å². The van der Waals surface area contributed by atoms with Crippen LogP contribution in [0.5, 0.6) is 0 Å². The van der Waals surface area contributed by atoms with Crippen molar-refractivity contribution in [2.75, 3.05) is 19.6 Å². The van der Waals surface area contributed by atoms with Gasteiger partial charge in [-0.05, 0) is 12.8 Å². The monoisotopic (exact) mass is 280 g/mol. The van der Waals surface area contributed by atoms with E-state index >= 15 is 0 Å². The van der Waals surface area contributed by atoms with E-state index in [-0.39, 0.29) is 17.8 Å². The quantitative estimate of drug-likeness (QED) is 0.294. The van der Waals surface area contributed by atoms with E-state index in [1.165, 1.54) is 0 Å². The second-order valence-electron chi connectivity index (χ2n) is 5.01. The Morgan fingerprint density at radius 2 is 2.30 bits per heavy atom. The van der Waals surface area contributed by atoms with Gasteiger partial charge in [0.05, 0.1) is 19.1 Å². The molecular formula is C12H20N6O2. The number of likely N-dealkylation sites (tertiary alicyclic amines) is 1. The number of amides is 1. The van der Waals surface area contributed by atoms with Crippen LogP contribution in [0.3, 0.4) is 0 Å². The number of nitrogens with zero attached hydrogens (tertiary/aromatic N) is 4. The van der Waals surface area contributed by atoms with E-state index < -0.39 is 0 Å². The first-order valence-electron chi connectivity index (χ1n) is 6.56. The summed E-state index contributed by atoms with van der Waals surface area (Å²) >= 11 is 0. The van der Waals surface area contributed by atoms with Crippen molar-refractivity contribution in [3.05, 3.63) is 18.2 Å². The van der Waals surface area contributed by atoms with E-state index in [0.29, 0.717) is 12.2 Å². The minimum atomic E-state index is -0.0973. The van der Waals surface area contributed by atoms with E-state index in [1.54, 1.807) is 24.1 Å². The Balaban J connectivity index is 1.80. The van der Waals surface area contributed by atoms with Gasteiger partial charge in [0.25, 0.3) is 5.91 Å². The molecule has 1 aliphatic heterocycles. The maximum Gasteiger partial charge on any atom is 0.269 e. The molecule has 1 saturated heterocycles. The van der Waals surface area contributed by atoms with Crippen LogP contribution in [-0.4, -0.2) is 57.1 Å². The van der Waals surface area contributed by atoms with E-state index in [0.717, 1.165) is 25.9 Å². The van der Waals surface area contributed by atoms with Gasteiger partial charge in [0.2, 0.25) is 0 Å². The molecule has 0 aromatic carbocycles. The highest BCUT2D eigenvalue weighted by Gasteiger charge is 2.22. The topological polar surface area (TPSA) is 109 Å². The number of carbonyl (C=O) groups is 1. The van der Waals surface area contributed by atoms with Crippen LogP contribution in [0.4, 0.5) is 0 Å². The van der Waals surface area contributed by atoms with Crippen LogP contribution >= 0.6 is 0 Å². The summed E-state index contributed by atoms with van der Waals surface area (Å²) in [5, 5.41) is 14.5. The van der Waals surface area contributed by atoms with Crippen molar-refractivity contribution in [3.63, 3.8) is 0 Å². The molecule has 2 rings (SSSR count). The lowest BCUT2D eigenvalue weighted by atomic mass is 10.0. The smallest absolute Gasteiger partial charge is 0.269 e. The summed E-state index contributed by atoms with van der Waals surface area (Å²) in [6.45, 7) is 2.08. The van der Waals surface area contributed by atoms with Crippen LogP contribution in [0.15, 0.2) is 17.7 Å². The van der Waals surface area contributed by atoms with Crippen molar-refractivity contribution in [2.45, 2.75) is 18.9 Å². The van der Waals surface area contributed by atoms with Crippen molar-refractivity contribution in [1.29, 1.82) is 0 Å². The summed E-state index contributed by atoms with van der Waals surface area (Å²) in [5.74, 6) is 0.113. The van der Waals surface area contributed by atoms with Crippen LogP contribution in [-0.2, 0) is 7.05 Å². The third kappa shape index (κ3) is 3.47. The third-order valence-corrected chi connectivity index (χ3v) is 3.49. The van der Waals surface area contributed by atoms with Gasteiger partial charge in [-0.3, -0.25) is 9.69 Å². The van der Waals surface area contributed by atoms with E-state index in [4.69, 9.17) is 10.9 Å². The molecule has 4 N–H and O–H groups in total. The lowest BCUT2D eigenvalue weighted by molar-refractivity contribution is 0.0906. The number of aryl methyl sites for hydroxylation is 1. The molecule has 0 unspecified atom stereocenters. The largest absolute Gasteiger partial charge is 0.409 e. The summed E-state index contributed by atoms with van der Waals surface area (Å²) in [7, 11) is 1.79. The average Bonchev–Trinajstić information content (AvgIpc) is 2.87. The predicted octanol–water partition coefficient (Wildman–Crippen LogP) is -0.639. The van der Waals surface area contributed by atoms with E-state index in [9.17, 15) is 4.79 Å². The van der Waals surface area contributed by atoms with Gasteiger partial charge in [-0.15, -0.1) is 0 Å². The van der Waals surface area contributed by atoms with Crippen molar-refractivity contribution >= 4 is 11.7 Å². The fourth-order valence-corrected chi connectivity index (χ4v) is 2.33. The molecule has 1 aromatic heterocycles. The average molecular weight is 280 g/mol. The van der Waals surface area contributed by atoms with Gasteiger partial charge in [0.15, 0.2) is 5.84 Å². The molecule has 1 aromatic rings. The summed E-state index contributed by atoms with van der Waals surface area (Å²) in [6, 6.07) is 0.154. The molecule has 2 heterocycles. The van der Waals surface area contributed by atoms with Gasteiger partial charge < -0.3 is 20.8 Å². The second-order valence-corrected chi connectivity index (χ2v) is 5.01. The fraction of sp³-hybridized carbons (Fsp3) is 0.583. The van der Waals surface area contributed by atoms with Crippen LogP contribution in [0.1, 0.15) is 23.3 Å². The number of oxime groups is 1. The summed E-state index contributed by atoms with van der Waals surface area (Å²) in [6.07, 6.45) is 4.86. The predicted molar refractivity (Wildman–Crippen MR) is 73.5 cm³/mol. The first-order valence-corrected chi connectivity index (χ1v) is 6.56. The minimum Gasteiger partial charge on any atom is -0.409 e. The molecule has 0 atom stereocenters. The lowest BCUT2D eigenvalue weighted by Crippen LogP contribution is -2.47. The number of nitrogens with one attached hydrogen (secondary N) is 1. The standard InChI is InChI=1S/C12H20N6O2/c1-17-8-14-6-10(17)12(19)15-9-2-4-18(5-3-9)7-11(13)16-20/h6,8-9,20H,2-5,7H2,1H3,(H2,13,16)(H,15,19). The molecule has 8 heteroatoms. The van der Waals surface area contributed by atoms with E-state index in [1.807, 2.05) is 0 Å². The number of carbonyl (C=O) groups excluding carboxylic acids is 1. The molecule has 0 aliphatic carbocycles. The zero-order chi connectivity index (χ0) is 14.5. The molecule has 0 bridgehead atoms. The molecule has 8 nitrogen and oxygen atoms in total. The molecule has 1 fully saturated rings. The number of piperidine rings is 1. The number of imidazole rings is 1. The van der Waals surface area contributed by atoms with E-state index in [2.05, 4.69) is 20.4 Å². The van der Waals surface area contributed by atoms with Gasteiger partial charge in [-0.1, -0.05) is 5.16 Å². The fourth-order valence-electron chi connectivity index (χ4n) is 2.33. The van der Waals surface area contributed by atoms with Crippen LogP contribution < -0.4 is 11.1 Å². The SMILES string of the molecule is Cn1cncc1C(=O)NC1CCN(C/C(N)=N/O)CC1. The Bertz CT molecular complexity index is 490. The Labute approximate surface area is 117 Å². The number of hydrogen-bond acceptors (Lipinski definition) is 5. The molecule has 110 valence electrons. The molecule has 0 radical (unpaired) electrons. The maximum absolute atomic E-state index is 12.0. The highest BCUT2D eigenvalue weighted by atomic mass is 16.4. The van der Waals surface area contributed by atoms with Gasteiger partial charge in [-0.2, -0.15) is 0 Å². The second kappa shape index (κ2) is 6.38. The Morgan fingerprint density at radius 1 is 1.60 bits per heavy atom. The van der Waals surface area contributed by atoms with Crippen molar-refractivity contribution in [2.24, 2.45) is 17.9 Å². The number of hydrogen-bond donors (Lipinski definition) is 3. The maximum atomic E-state index is 12.0. The summed E-state index contributed by atoms with van der Waals surface area (Å²) in [5.41, 5.74) is 6.04. The lowest BCUT2D eigenvalue weighted by Gasteiger charge is -2.31. The number of rotatable bonds is 4. The number of nitrogens with two attached hydrogens (primary N) is 1. The minimum absolute atomic E-state index is 0.0973. The van der Waals surface area contributed by atoms with Crippen molar-refractivity contribution < 1.29 is 10.0 Å². The first kappa shape index (κ1) is 14.3. The summed E-state index contributed by atoms with van der Waals surface area (Å²) in [4.78, 5) is 18.1. The van der Waals surface area contributed by atoms with Crippen molar-refractivity contribution in [3.8, 4) is 0 Å². The van der Waals surface area contributed by atoms with Gasteiger partial charge >= 0.3 is 0 Å². The summed E-state index contributed by atoms with van der Waals surface area (Å²) < 4.78 is 1.70.